The number of esters is 1. The first-order chi connectivity index (χ1) is 15.7. The number of nitro groups is 1. The van der Waals surface area contributed by atoms with E-state index in [4.69, 9.17) is 4.74 Å². The summed E-state index contributed by atoms with van der Waals surface area (Å²) in [6.07, 6.45) is 1.36. The van der Waals surface area contributed by atoms with Gasteiger partial charge >= 0.3 is 5.97 Å². The van der Waals surface area contributed by atoms with Gasteiger partial charge in [-0.05, 0) is 44.5 Å². The molecule has 0 radical (unpaired) electrons. The maximum Gasteiger partial charge on any atom is 0.337 e. The second-order valence-corrected chi connectivity index (χ2v) is 7.51. The average Bonchev–Trinajstić information content (AvgIpc) is 3.06. The number of ether oxygens (including phenoxy) is 1. The van der Waals surface area contributed by atoms with Crippen molar-refractivity contribution in [2.75, 3.05) is 7.11 Å². The zero-order valence-corrected chi connectivity index (χ0v) is 18.8. The van der Waals surface area contributed by atoms with Crippen LogP contribution < -0.4 is 5.43 Å². The fourth-order valence-electron chi connectivity index (χ4n) is 3.61. The molecule has 1 N–H and O–H groups in total. The van der Waals surface area contributed by atoms with Gasteiger partial charge in [0.2, 0.25) is 5.91 Å². The molecule has 0 aliphatic carbocycles. The predicted octanol–water partition coefficient (Wildman–Crippen LogP) is 3.79. The zero-order valence-electron chi connectivity index (χ0n) is 18.8. The van der Waals surface area contributed by atoms with Crippen molar-refractivity contribution < 1.29 is 19.2 Å². The van der Waals surface area contributed by atoms with E-state index in [2.05, 4.69) is 10.5 Å². The molecule has 1 aromatic heterocycles. The topological polar surface area (TPSA) is 116 Å². The van der Waals surface area contributed by atoms with E-state index in [1.807, 2.05) is 37.5 Å². The lowest BCUT2D eigenvalue weighted by Crippen LogP contribution is -2.20. The minimum Gasteiger partial charge on any atom is -0.465 e. The maximum atomic E-state index is 12.2. The van der Waals surface area contributed by atoms with Crippen LogP contribution in [0.1, 0.15) is 38.4 Å². The van der Waals surface area contributed by atoms with Crippen LogP contribution in [0.15, 0.2) is 53.6 Å². The van der Waals surface area contributed by atoms with Crippen molar-refractivity contribution in [3.8, 4) is 5.69 Å². The van der Waals surface area contributed by atoms with Crippen LogP contribution >= 0.6 is 0 Å². The van der Waals surface area contributed by atoms with E-state index in [1.165, 1.54) is 19.4 Å². The van der Waals surface area contributed by atoms with Crippen LogP contribution in [0.5, 0.6) is 0 Å². The molecule has 9 heteroatoms. The van der Waals surface area contributed by atoms with Crippen LogP contribution in [-0.4, -0.2) is 34.7 Å². The third kappa shape index (κ3) is 5.15. The summed E-state index contributed by atoms with van der Waals surface area (Å²) in [5.74, 6) is -0.877. The Labute approximate surface area is 190 Å². The summed E-state index contributed by atoms with van der Waals surface area (Å²) in [6, 6.07) is 13.4. The molecule has 3 aromatic rings. The Hall–Kier alpha value is -4.27. The number of carbonyl (C=O) groups excluding carboxylic acids is 2. The van der Waals surface area contributed by atoms with Gasteiger partial charge in [-0.25, -0.2) is 10.2 Å². The van der Waals surface area contributed by atoms with Crippen LogP contribution in [0.25, 0.3) is 5.69 Å². The van der Waals surface area contributed by atoms with Crippen LogP contribution in [0.2, 0.25) is 0 Å². The average molecular weight is 448 g/mol. The highest BCUT2D eigenvalue weighted by atomic mass is 16.6. The number of amides is 1. The molecule has 0 aliphatic rings. The molecule has 0 fully saturated rings. The lowest BCUT2D eigenvalue weighted by Gasteiger charge is -2.14. The Bertz CT molecular complexity index is 1260. The number of aromatic nitrogens is 1. The molecule has 0 atom stereocenters. The molecule has 9 nitrogen and oxygen atoms in total. The number of benzene rings is 2. The molecule has 1 heterocycles. The van der Waals surface area contributed by atoms with E-state index in [0.717, 1.165) is 28.2 Å². The number of hydrazone groups is 1. The highest BCUT2D eigenvalue weighted by molar-refractivity contribution is 5.90. The molecule has 1 amide bonds. The van der Waals surface area contributed by atoms with Crippen LogP contribution in [0.3, 0.4) is 0 Å². The van der Waals surface area contributed by atoms with Crippen molar-refractivity contribution in [1.29, 1.82) is 0 Å². The van der Waals surface area contributed by atoms with Crippen LogP contribution in [0.4, 0.5) is 5.69 Å². The first-order valence-electron chi connectivity index (χ1n) is 10.2. The Balaban J connectivity index is 1.79. The van der Waals surface area contributed by atoms with Gasteiger partial charge in [-0.15, -0.1) is 0 Å². The van der Waals surface area contributed by atoms with Crippen molar-refractivity contribution in [1.82, 2.24) is 9.99 Å². The lowest BCUT2D eigenvalue weighted by atomic mass is 10.1. The summed E-state index contributed by atoms with van der Waals surface area (Å²) < 4.78 is 6.82. The van der Waals surface area contributed by atoms with E-state index in [0.29, 0.717) is 11.1 Å². The fraction of sp³-hybridized carbons (Fsp3) is 0.208. The Kier molecular flexibility index (Phi) is 7.02. The second kappa shape index (κ2) is 9.90. The highest BCUT2D eigenvalue weighted by Crippen LogP contribution is 2.24. The molecule has 0 spiro atoms. The number of aryl methyl sites for hydroxylation is 2. The van der Waals surface area contributed by atoms with Gasteiger partial charge in [-0.3, -0.25) is 14.9 Å². The largest absolute Gasteiger partial charge is 0.465 e. The molecule has 0 aliphatic heterocycles. The molecule has 0 unspecified atom stereocenters. The van der Waals surface area contributed by atoms with Crippen molar-refractivity contribution >= 4 is 23.8 Å². The SMILES string of the molecule is COC(=O)c1ccc(C)c(-n2c(C)cc(/C=N/NC(=O)Cc3ccccc3[N+](=O)[O-])c2C)c1. The number of nitrogens with zero attached hydrogens (tertiary/aromatic N) is 3. The van der Waals surface area contributed by atoms with Crippen molar-refractivity contribution in [3.05, 3.63) is 92.3 Å². The monoisotopic (exact) mass is 448 g/mol. The number of para-hydroxylation sites is 1. The van der Waals surface area contributed by atoms with E-state index in [9.17, 15) is 19.7 Å². The van der Waals surface area contributed by atoms with Crippen molar-refractivity contribution in [3.63, 3.8) is 0 Å². The van der Waals surface area contributed by atoms with Gasteiger partial charge < -0.3 is 9.30 Å². The van der Waals surface area contributed by atoms with Gasteiger partial charge in [0.25, 0.3) is 5.69 Å². The molecule has 33 heavy (non-hydrogen) atoms. The van der Waals surface area contributed by atoms with Crippen LogP contribution in [-0.2, 0) is 16.0 Å². The minimum absolute atomic E-state index is 0.107. The summed E-state index contributed by atoms with van der Waals surface area (Å²) in [6.45, 7) is 5.79. The molecule has 170 valence electrons. The fourth-order valence-corrected chi connectivity index (χ4v) is 3.61. The second-order valence-electron chi connectivity index (χ2n) is 7.51. The van der Waals surface area contributed by atoms with E-state index >= 15 is 0 Å². The van der Waals surface area contributed by atoms with Crippen LogP contribution in [0, 0.1) is 30.9 Å². The third-order valence-electron chi connectivity index (χ3n) is 5.27. The number of nitrogens with one attached hydrogen (secondary N) is 1. The Morgan fingerprint density at radius 3 is 2.58 bits per heavy atom. The van der Waals surface area contributed by atoms with E-state index in [1.54, 1.807) is 30.3 Å². The minimum atomic E-state index is -0.516. The molecule has 0 bridgehead atoms. The quantitative estimate of drug-likeness (QED) is 0.255. The third-order valence-corrected chi connectivity index (χ3v) is 5.27. The van der Waals surface area contributed by atoms with Gasteiger partial charge in [0.05, 0.1) is 30.2 Å². The summed E-state index contributed by atoms with van der Waals surface area (Å²) in [5, 5.41) is 15.1. The Morgan fingerprint density at radius 1 is 1.15 bits per heavy atom. The van der Waals surface area contributed by atoms with Gasteiger partial charge in [0, 0.05) is 34.3 Å². The maximum absolute atomic E-state index is 12.2. The summed E-state index contributed by atoms with van der Waals surface area (Å²) in [4.78, 5) is 34.8. The number of hydrogen-bond acceptors (Lipinski definition) is 6. The van der Waals surface area contributed by atoms with Gasteiger partial charge in [0.15, 0.2) is 0 Å². The first-order valence-corrected chi connectivity index (χ1v) is 10.2. The standard InChI is InChI=1S/C24H24N4O5/c1-15-9-10-19(24(30)33-4)12-22(15)27-16(2)11-20(17(27)3)14-25-26-23(29)13-18-7-5-6-8-21(18)28(31)32/h5-12,14H,13H2,1-4H3,(H,26,29)/b25-14+. The number of carbonyl (C=O) groups is 2. The molecular weight excluding hydrogens is 424 g/mol. The van der Waals surface area contributed by atoms with Gasteiger partial charge in [0.1, 0.15) is 0 Å². The summed E-state index contributed by atoms with van der Waals surface area (Å²) >= 11 is 0. The van der Waals surface area contributed by atoms with Crippen molar-refractivity contribution in [2.24, 2.45) is 5.10 Å². The normalized spacial score (nSPS) is 10.9. The molecule has 2 aromatic carbocycles. The summed E-state index contributed by atoms with van der Waals surface area (Å²) in [7, 11) is 1.34. The van der Waals surface area contributed by atoms with Gasteiger partial charge in [-0.1, -0.05) is 24.3 Å². The number of nitro benzene ring substituents is 1. The first kappa shape index (κ1) is 23.4. The van der Waals surface area contributed by atoms with Gasteiger partial charge in [-0.2, -0.15) is 5.10 Å². The lowest BCUT2D eigenvalue weighted by molar-refractivity contribution is -0.385. The molecule has 0 saturated heterocycles. The predicted molar refractivity (Wildman–Crippen MR) is 124 cm³/mol. The molecule has 0 saturated carbocycles. The number of rotatable bonds is 7. The zero-order chi connectivity index (χ0) is 24.1. The van der Waals surface area contributed by atoms with Crippen molar-refractivity contribution in [2.45, 2.75) is 27.2 Å². The smallest absolute Gasteiger partial charge is 0.337 e. The summed E-state index contributed by atoms with van der Waals surface area (Å²) in [5.41, 5.74) is 7.47. The Morgan fingerprint density at radius 2 is 1.88 bits per heavy atom. The molecule has 3 rings (SSSR count). The van der Waals surface area contributed by atoms with E-state index in [-0.39, 0.29) is 12.1 Å². The highest BCUT2D eigenvalue weighted by Gasteiger charge is 2.16. The number of methoxy groups -OCH3 is 1. The number of hydrogen-bond donors (Lipinski definition) is 1. The molecular formula is C24H24N4O5. The van der Waals surface area contributed by atoms with E-state index < -0.39 is 16.8 Å².